The lowest BCUT2D eigenvalue weighted by Crippen LogP contribution is -2.04. The molecule has 1 aromatic heterocycles. The van der Waals surface area contributed by atoms with Gasteiger partial charge in [-0.25, -0.2) is 0 Å². The third kappa shape index (κ3) is 2.04. The summed E-state index contributed by atoms with van der Waals surface area (Å²) >= 11 is 5.78. The highest BCUT2D eigenvalue weighted by Crippen LogP contribution is 2.20. The molecule has 0 aliphatic carbocycles. The maximum Gasteiger partial charge on any atom is 0.211 e. The molecule has 3 nitrogen and oxygen atoms in total. The number of aromatic nitrogens is 1. The van der Waals surface area contributed by atoms with Gasteiger partial charge in [-0.05, 0) is 30.3 Å². The molecular weight excluding hydrogens is 224 g/mol. The first-order valence-corrected chi connectivity index (χ1v) is 5.07. The Morgan fingerprint density at radius 1 is 1.25 bits per heavy atom. The van der Waals surface area contributed by atoms with Crippen LogP contribution in [0.25, 0.3) is 0 Å². The number of carbonyl (C=O) groups is 1. The van der Waals surface area contributed by atoms with Crippen LogP contribution in [0.5, 0.6) is 0 Å². The van der Waals surface area contributed by atoms with Crippen molar-refractivity contribution in [3.05, 3.63) is 58.9 Å². The number of rotatable bonds is 2. The van der Waals surface area contributed by atoms with Crippen molar-refractivity contribution >= 4 is 23.1 Å². The van der Waals surface area contributed by atoms with Crippen LogP contribution >= 0.6 is 11.6 Å². The normalized spacial score (nSPS) is 10.1. The van der Waals surface area contributed by atoms with Crippen LogP contribution in [0.2, 0.25) is 5.02 Å². The van der Waals surface area contributed by atoms with Crippen LogP contribution < -0.4 is 5.73 Å². The minimum Gasteiger partial charge on any atom is -0.398 e. The second-order valence-corrected chi connectivity index (χ2v) is 3.69. The molecule has 0 saturated carbocycles. The number of carbonyl (C=O) groups excluding carboxylic acids is 1. The van der Waals surface area contributed by atoms with E-state index in [-0.39, 0.29) is 5.78 Å². The number of nitrogen functional groups attached to an aromatic ring is 1. The summed E-state index contributed by atoms with van der Waals surface area (Å²) in [5.74, 6) is -0.163. The minimum absolute atomic E-state index is 0.163. The van der Waals surface area contributed by atoms with Gasteiger partial charge in [-0.3, -0.25) is 9.78 Å². The van der Waals surface area contributed by atoms with E-state index in [1.807, 2.05) is 0 Å². The van der Waals surface area contributed by atoms with Gasteiger partial charge in [0, 0.05) is 11.8 Å². The Morgan fingerprint density at radius 2 is 2.06 bits per heavy atom. The molecule has 0 saturated heterocycles. The molecule has 0 aliphatic heterocycles. The number of benzene rings is 1. The highest BCUT2D eigenvalue weighted by molar-refractivity contribution is 6.33. The van der Waals surface area contributed by atoms with Crippen molar-refractivity contribution in [3.63, 3.8) is 0 Å². The summed E-state index contributed by atoms with van der Waals surface area (Å²) in [7, 11) is 0. The van der Waals surface area contributed by atoms with E-state index < -0.39 is 0 Å². The first-order valence-electron chi connectivity index (χ1n) is 4.69. The van der Waals surface area contributed by atoms with Gasteiger partial charge in [-0.2, -0.15) is 0 Å². The van der Waals surface area contributed by atoms with Crippen molar-refractivity contribution in [1.29, 1.82) is 0 Å². The molecule has 0 radical (unpaired) electrons. The smallest absolute Gasteiger partial charge is 0.211 e. The third-order valence-corrected chi connectivity index (χ3v) is 2.50. The lowest BCUT2D eigenvalue weighted by molar-refractivity contribution is 0.103. The van der Waals surface area contributed by atoms with Gasteiger partial charge < -0.3 is 5.73 Å². The second-order valence-electron chi connectivity index (χ2n) is 3.28. The molecule has 0 unspecified atom stereocenters. The van der Waals surface area contributed by atoms with Gasteiger partial charge >= 0.3 is 0 Å². The Balaban J connectivity index is 2.39. The molecule has 0 bridgehead atoms. The molecule has 2 N–H and O–H groups in total. The predicted octanol–water partition coefficient (Wildman–Crippen LogP) is 2.55. The second kappa shape index (κ2) is 4.33. The number of nitrogens with two attached hydrogens (primary N) is 1. The lowest BCUT2D eigenvalue weighted by atomic mass is 10.1. The molecule has 0 atom stereocenters. The Bertz CT molecular complexity index is 526. The number of anilines is 1. The summed E-state index contributed by atoms with van der Waals surface area (Å²) in [5.41, 5.74) is 6.90. The third-order valence-electron chi connectivity index (χ3n) is 2.16. The van der Waals surface area contributed by atoms with Gasteiger partial charge in [0.15, 0.2) is 0 Å². The van der Waals surface area contributed by atoms with Crippen LogP contribution in [0.15, 0.2) is 42.6 Å². The molecule has 2 aromatic rings. The van der Waals surface area contributed by atoms with Crippen LogP contribution in [0.4, 0.5) is 5.69 Å². The zero-order chi connectivity index (χ0) is 11.5. The summed E-state index contributed by atoms with van der Waals surface area (Å²) in [5, 5.41) is 0.442. The monoisotopic (exact) mass is 232 g/mol. The molecule has 0 amide bonds. The van der Waals surface area contributed by atoms with Crippen LogP contribution in [0.3, 0.4) is 0 Å². The molecular formula is C12H9ClN2O. The number of hydrogen-bond donors (Lipinski definition) is 1. The first-order chi connectivity index (χ1) is 7.68. The van der Waals surface area contributed by atoms with Gasteiger partial charge in [-0.15, -0.1) is 0 Å². The minimum atomic E-state index is -0.163. The molecule has 16 heavy (non-hydrogen) atoms. The Morgan fingerprint density at radius 3 is 2.69 bits per heavy atom. The van der Waals surface area contributed by atoms with E-state index >= 15 is 0 Å². The van der Waals surface area contributed by atoms with Gasteiger partial charge in [0.05, 0.1) is 10.7 Å². The Labute approximate surface area is 97.9 Å². The Hall–Kier alpha value is -1.87. The van der Waals surface area contributed by atoms with Gasteiger partial charge in [-0.1, -0.05) is 17.7 Å². The molecule has 0 fully saturated rings. The average molecular weight is 233 g/mol. The fourth-order valence-electron chi connectivity index (χ4n) is 1.33. The predicted molar refractivity (Wildman–Crippen MR) is 63.5 cm³/mol. The summed E-state index contributed by atoms with van der Waals surface area (Å²) in [4.78, 5) is 15.9. The maximum absolute atomic E-state index is 11.9. The van der Waals surface area contributed by atoms with E-state index in [1.54, 1.807) is 42.6 Å². The summed E-state index contributed by atoms with van der Waals surface area (Å²) in [6.45, 7) is 0. The van der Waals surface area contributed by atoms with Crippen LogP contribution in [-0.2, 0) is 0 Å². The van der Waals surface area contributed by atoms with E-state index in [4.69, 9.17) is 17.3 Å². The molecule has 1 heterocycles. The van der Waals surface area contributed by atoms with Crippen molar-refractivity contribution in [3.8, 4) is 0 Å². The Kier molecular flexibility index (Phi) is 2.88. The van der Waals surface area contributed by atoms with Crippen molar-refractivity contribution in [2.24, 2.45) is 0 Å². The van der Waals surface area contributed by atoms with Crippen LogP contribution in [0, 0.1) is 0 Å². The van der Waals surface area contributed by atoms with E-state index in [1.165, 1.54) is 0 Å². The highest BCUT2D eigenvalue weighted by atomic mass is 35.5. The molecule has 4 heteroatoms. The van der Waals surface area contributed by atoms with Gasteiger partial charge in [0.2, 0.25) is 5.78 Å². The maximum atomic E-state index is 11.9. The van der Waals surface area contributed by atoms with Crippen LogP contribution in [0.1, 0.15) is 16.1 Å². The summed E-state index contributed by atoms with van der Waals surface area (Å²) < 4.78 is 0. The lowest BCUT2D eigenvalue weighted by Gasteiger charge is -2.02. The van der Waals surface area contributed by atoms with Gasteiger partial charge in [0.25, 0.3) is 0 Å². The topological polar surface area (TPSA) is 56.0 Å². The fourth-order valence-corrected chi connectivity index (χ4v) is 1.45. The van der Waals surface area contributed by atoms with E-state index in [0.717, 1.165) is 0 Å². The van der Waals surface area contributed by atoms with Crippen molar-refractivity contribution in [1.82, 2.24) is 4.98 Å². The van der Waals surface area contributed by atoms with Gasteiger partial charge in [0.1, 0.15) is 5.69 Å². The fraction of sp³-hybridized carbons (Fsp3) is 0. The molecule has 80 valence electrons. The summed E-state index contributed by atoms with van der Waals surface area (Å²) in [6, 6.07) is 9.97. The zero-order valence-corrected chi connectivity index (χ0v) is 9.11. The standard InChI is InChI=1S/C12H9ClN2O/c13-9-5-4-8(7-10(9)14)12(16)11-3-1-2-6-15-11/h1-7H,14H2. The van der Waals surface area contributed by atoms with Crippen molar-refractivity contribution in [2.75, 3.05) is 5.73 Å². The number of pyridine rings is 1. The highest BCUT2D eigenvalue weighted by Gasteiger charge is 2.10. The molecule has 1 aromatic carbocycles. The average Bonchev–Trinajstić information content (AvgIpc) is 2.33. The van der Waals surface area contributed by atoms with Crippen molar-refractivity contribution in [2.45, 2.75) is 0 Å². The van der Waals surface area contributed by atoms with E-state index in [0.29, 0.717) is 22.0 Å². The number of halogens is 1. The zero-order valence-electron chi connectivity index (χ0n) is 8.35. The van der Waals surface area contributed by atoms with E-state index in [2.05, 4.69) is 4.98 Å². The molecule has 0 spiro atoms. The van der Waals surface area contributed by atoms with Crippen molar-refractivity contribution < 1.29 is 4.79 Å². The summed E-state index contributed by atoms with van der Waals surface area (Å²) in [6.07, 6.45) is 1.58. The molecule has 2 rings (SSSR count). The van der Waals surface area contributed by atoms with E-state index in [9.17, 15) is 4.79 Å². The largest absolute Gasteiger partial charge is 0.398 e. The number of ketones is 1. The van der Waals surface area contributed by atoms with Crippen LogP contribution in [-0.4, -0.2) is 10.8 Å². The quantitative estimate of drug-likeness (QED) is 0.640. The first kappa shape index (κ1) is 10.6. The number of hydrogen-bond acceptors (Lipinski definition) is 3. The SMILES string of the molecule is Nc1cc(C(=O)c2ccccn2)ccc1Cl. The molecule has 0 aliphatic rings. The number of nitrogens with zero attached hydrogens (tertiary/aromatic N) is 1.